The number of aromatic amines is 1. The van der Waals surface area contributed by atoms with Crippen LogP contribution in [0.1, 0.15) is 11.4 Å². The monoisotopic (exact) mass is 490 g/mol. The molecule has 0 spiro atoms. The molecule has 1 aromatic heterocycles. The Bertz CT molecular complexity index is 1380. The van der Waals surface area contributed by atoms with Gasteiger partial charge < -0.3 is 14.5 Å². The molecule has 0 atom stereocenters. The zero-order valence-electron chi connectivity index (χ0n) is 17.4. The maximum absolute atomic E-state index is 11.7. The van der Waals surface area contributed by atoms with E-state index < -0.39 is 9.84 Å². The minimum absolute atomic E-state index is 0.0964. The second-order valence-corrected chi connectivity index (χ2v) is 10.1. The molecule has 1 N–H and O–H groups in total. The van der Waals surface area contributed by atoms with Crippen molar-refractivity contribution in [2.75, 3.05) is 20.2 Å². The molecular weight excluding hydrogens is 471 g/mol. The quantitative estimate of drug-likeness (QED) is 0.345. The van der Waals surface area contributed by atoms with Gasteiger partial charge in [-0.25, -0.2) is 13.4 Å². The number of fused-ring (bicyclic) bond motifs is 1. The molecule has 0 saturated heterocycles. The predicted molar refractivity (Wildman–Crippen MR) is 126 cm³/mol. The van der Waals surface area contributed by atoms with E-state index in [1.54, 1.807) is 37.4 Å². The van der Waals surface area contributed by atoms with Crippen LogP contribution in [0.3, 0.4) is 0 Å². The molecule has 0 unspecified atom stereocenters. The van der Waals surface area contributed by atoms with Crippen LogP contribution in [0.2, 0.25) is 10.0 Å². The number of nitrogens with one attached hydrogen (secondary N) is 1. The number of nitrogens with zero attached hydrogens (tertiary/aromatic N) is 1. The smallest absolute Gasteiger partial charge is 0.188 e. The molecular formula is C23H20Cl2N2O4S. The van der Waals surface area contributed by atoms with Crippen molar-refractivity contribution in [1.82, 2.24) is 9.97 Å². The number of hydrogen-bond acceptors (Lipinski definition) is 5. The van der Waals surface area contributed by atoms with Gasteiger partial charge in [-0.15, -0.1) is 0 Å². The van der Waals surface area contributed by atoms with Gasteiger partial charge in [0.1, 0.15) is 17.1 Å². The summed E-state index contributed by atoms with van der Waals surface area (Å²) in [5.41, 5.74) is 3.58. The standard InChI is InChI=1S/C23H20Cl2N2O4S/c1-30-13-31-19-6-4-3-5-16(19)21-17(24)12-18-23(22(21)25)27-20(26-18)11-14-7-9-15(10-8-14)32(2,28)29/h3-10,12H,11,13H2,1-2H3,(H,26,27). The number of methoxy groups -OCH3 is 1. The van der Waals surface area contributed by atoms with Crippen LogP contribution in [0.4, 0.5) is 0 Å². The molecule has 166 valence electrons. The first kappa shape index (κ1) is 22.6. The fourth-order valence-corrected chi connectivity index (χ4v) is 4.76. The number of ether oxygens (including phenoxy) is 2. The molecule has 0 amide bonds. The Hall–Kier alpha value is -2.58. The third kappa shape index (κ3) is 4.61. The average molecular weight is 491 g/mol. The number of rotatable bonds is 7. The second-order valence-electron chi connectivity index (χ2n) is 7.27. The van der Waals surface area contributed by atoms with Gasteiger partial charge >= 0.3 is 0 Å². The highest BCUT2D eigenvalue weighted by molar-refractivity contribution is 7.90. The Morgan fingerprint density at radius 1 is 1.06 bits per heavy atom. The van der Waals surface area contributed by atoms with E-state index in [2.05, 4.69) is 9.97 Å². The van der Waals surface area contributed by atoms with Crippen molar-refractivity contribution in [3.8, 4) is 16.9 Å². The molecule has 0 bridgehead atoms. The number of hydrogen-bond donors (Lipinski definition) is 1. The summed E-state index contributed by atoms with van der Waals surface area (Å²) in [6.45, 7) is 0.0964. The number of sulfone groups is 1. The van der Waals surface area contributed by atoms with Crippen molar-refractivity contribution in [2.45, 2.75) is 11.3 Å². The zero-order chi connectivity index (χ0) is 22.9. The molecule has 6 nitrogen and oxygen atoms in total. The molecule has 3 aromatic carbocycles. The summed E-state index contributed by atoms with van der Waals surface area (Å²) in [6, 6.07) is 15.9. The molecule has 0 radical (unpaired) electrons. The summed E-state index contributed by atoms with van der Waals surface area (Å²) in [4.78, 5) is 8.19. The van der Waals surface area contributed by atoms with E-state index in [1.807, 2.05) is 24.3 Å². The lowest BCUT2D eigenvalue weighted by atomic mass is 10.0. The lowest BCUT2D eigenvalue weighted by molar-refractivity contribution is 0.0515. The first-order valence-electron chi connectivity index (χ1n) is 9.64. The van der Waals surface area contributed by atoms with Crippen LogP contribution in [-0.2, 0) is 21.0 Å². The molecule has 0 aliphatic heterocycles. The number of halogens is 2. The maximum atomic E-state index is 11.7. The van der Waals surface area contributed by atoms with E-state index in [-0.39, 0.29) is 11.7 Å². The highest BCUT2D eigenvalue weighted by Crippen LogP contribution is 2.43. The Morgan fingerprint density at radius 2 is 1.78 bits per heavy atom. The highest BCUT2D eigenvalue weighted by Gasteiger charge is 2.19. The molecule has 32 heavy (non-hydrogen) atoms. The number of imidazole rings is 1. The molecule has 4 aromatic rings. The molecule has 0 aliphatic rings. The first-order chi connectivity index (χ1) is 15.3. The minimum atomic E-state index is -3.24. The van der Waals surface area contributed by atoms with E-state index in [4.69, 9.17) is 32.7 Å². The van der Waals surface area contributed by atoms with Gasteiger partial charge in [0.25, 0.3) is 0 Å². The van der Waals surface area contributed by atoms with Gasteiger partial charge in [-0.05, 0) is 29.8 Å². The summed E-state index contributed by atoms with van der Waals surface area (Å²) in [5.74, 6) is 1.28. The molecule has 9 heteroatoms. The van der Waals surface area contributed by atoms with Crippen molar-refractivity contribution < 1.29 is 17.9 Å². The Labute approximate surface area is 196 Å². The number of para-hydroxylation sites is 1. The van der Waals surface area contributed by atoms with Crippen LogP contribution < -0.4 is 4.74 Å². The topological polar surface area (TPSA) is 81.3 Å². The fourth-order valence-electron chi connectivity index (χ4n) is 3.43. The second kappa shape index (κ2) is 9.11. The highest BCUT2D eigenvalue weighted by atomic mass is 35.5. The van der Waals surface area contributed by atoms with E-state index >= 15 is 0 Å². The van der Waals surface area contributed by atoms with Crippen LogP contribution in [0, 0.1) is 0 Å². The number of aromatic nitrogens is 2. The number of H-pyrrole nitrogens is 1. The minimum Gasteiger partial charge on any atom is -0.467 e. The van der Waals surface area contributed by atoms with Gasteiger partial charge in [0.15, 0.2) is 16.6 Å². The third-order valence-electron chi connectivity index (χ3n) is 4.93. The lowest BCUT2D eigenvalue weighted by Crippen LogP contribution is -2.00. The van der Waals surface area contributed by atoms with Crippen LogP contribution in [-0.4, -0.2) is 38.5 Å². The van der Waals surface area contributed by atoms with Crippen LogP contribution in [0.5, 0.6) is 5.75 Å². The predicted octanol–water partition coefficient (Wildman–Crippen LogP) is 5.51. The Kier molecular flexibility index (Phi) is 6.44. The van der Waals surface area contributed by atoms with Gasteiger partial charge in [0.05, 0.1) is 20.5 Å². The summed E-state index contributed by atoms with van der Waals surface area (Å²) in [6.07, 6.45) is 1.67. The summed E-state index contributed by atoms with van der Waals surface area (Å²) in [7, 11) is -1.69. The van der Waals surface area contributed by atoms with E-state index in [1.165, 1.54) is 6.26 Å². The average Bonchev–Trinajstić information content (AvgIpc) is 3.15. The molecule has 4 rings (SSSR count). The molecule has 0 aliphatic carbocycles. The van der Waals surface area contributed by atoms with Gasteiger partial charge in [-0.3, -0.25) is 0 Å². The first-order valence-corrected chi connectivity index (χ1v) is 12.3. The van der Waals surface area contributed by atoms with Crippen LogP contribution in [0.15, 0.2) is 59.5 Å². The molecule has 0 saturated carbocycles. The summed E-state index contributed by atoms with van der Waals surface area (Å²) >= 11 is 13.4. The molecule has 0 fully saturated rings. The summed E-state index contributed by atoms with van der Waals surface area (Å²) < 4.78 is 34.0. The zero-order valence-corrected chi connectivity index (χ0v) is 19.7. The van der Waals surface area contributed by atoms with Crippen molar-refractivity contribution in [1.29, 1.82) is 0 Å². The van der Waals surface area contributed by atoms with Crippen molar-refractivity contribution >= 4 is 44.1 Å². The number of benzene rings is 3. The van der Waals surface area contributed by atoms with E-state index in [0.717, 1.165) is 11.1 Å². The SMILES string of the molecule is COCOc1ccccc1-c1c(Cl)cc2[nH]c(Cc3ccc(S(C)(=O)=O)cc3)nc2c1Cl. The van der Waals surface area contributed by atoms with Crippen LogP contribution in [0.25, 0.3) is 22.2 Å². The summed E-state index contributed by atoms with van der Waals surface area (Å²) in [5, 5.41) is 0.875. The van der Waals surface area contributed by atoms with Crippen molar-refractivity contribution in [3.63, 3.8) is 0 Å². The van der Waals surface area contributed by atoms with Crippen LogP contribution >= 0.6 is 23.2 Å². The van der Waals surface area contributed by atoms with Crippen molar-refractivity contribution in [3.05, 3.63) is 76.0 Å². The Balaban J connectivity index is 1.71. The fraction of sp³-hybridized carbons (Fsp3) is 0.174. The van der Waals surface area contributed by atoms with Gasteiger partial charge in [-0.1, -0.05) is 53.5 Å². The largest absolute Gasteiger partial charge is 0.467 e. The maximum Gasteiger partial charge on any atom is 0.188 e. The van der Waals surface area contributed by atoms with Crippen molar-refractivity contribution in [2.24, 2.45) is 0 Å². The third-order valence-corrected chi connectivity index (χ3v) is 6.72. The van der Waals surface area contributed by atoms with E-state index in [0.29, 0.717) is 44.6 Å². The van der Waals surface area contributed by atoms with Gasteiger partial charge in [0, 0.05) is 30.9 Å². The molecule has 1 heterocycles. The van der Waals surface area contributed by atoms with Gasteiger partial charge in [-0.2, -0.15) is 0 Å². The van der Waals surface area contributed by atoms with Gasteiger partial charge in [0.2, 0.25) is 0 Å². The normalized spacial score (nSPS) is 11.8. The Morgan fingerprint density at radius 3 is 2.47 bits per heavy atom. The lowest BCUT2D eigenvalue weighted by Gasteiger charge is -2.13. The van der Waals surface area contributed by atoms with E-state index in [9.17, 15) is 8.42 Å².